The van der Waals surface area contributed by atoms with Gasteiger partial charge in [0.15, 0.2) is 12.5 Å². The number of unbranched alkanes of at least 4 members (excludes halogenated alkanes) is 3. The lowest BCUT2D eigenvalue weighted by Gasteiger charge is -2.36. The number of nitrogens with two attached hydrogens (primary N) is 1. The van der Waals surface area contributed by atoms with Gasteiger partial charge in [0.05, 0.1) is 30.2 Å². The Labute approximate surface area is 285 Å². The Morgan fingerprint density at radius 2 is 1.58 bits per heavy atom. The molecule has 3 aromatic carbocycles. The van der Waals surface area contributed by atoms with Crippen molar-refractivity contribution >= 4 is 40.6 Å². The van der Waals surface area contributed by atoms with Crippen molar-refractivity contribution in [3.8, 4) is 0 Å². The number of carbonyl (C=O) groups excluding carboxylic acids is 2. The minimum Gasteiger partial charge on any atom is -0.618 e. The molecule has 1 aliphatic rings. The normalized spacial score (nSPS) is 17.5. The predicted molar refractivity (Wildman–Crippen MR) is 187 cm³/mol. The van der Waals surface area contributed by atoms with Gasteiger partial charge in [-0.1, -0.05) is 73.1 Å². The van der Waals surface area contributed by atoms with Gasteiger partial charge in [-0.15, -0.1) is 0 Å². The van der Waals surface area contributed by atoms with E-state index in [2.05, 4.69) is 10.6 Å². The summed E-state index contributed by atoms with van der Waals surface area (Å²) in [5.41, 5.74) is 10.3. The second-order valence-electron chi connectivity index (χ2n) is 11.7. The van der Waals surface area contributed by atoms with Gasteiger partial charge in [0.1, 0.15) is 0 Å². The Bertz CT molecular complexity index is 1650. The number of ether oxygens (including phenoxy) is 2. The molecule has 4 aromatic rings. The van der Waals surface area contributed by atoms with E-state index in [0.717, 1.165) is 40.7 Å². The van der Waals surface area contributed by atoms with Gasteiger partial charge in [-0.05, 0) is 54.3 Å². The number of nitrogens with zero attached hydrogens (tertiary/aromatic N) is 1. The number of aliphatic hydroxyl groups is 1. The lowest BCUT2D eigenvalue weighted by atomic mass is 10.0. The van der Waals surface area contributed by atoms with Gasteiger partial charge in [-0.3, -0.25) is 9.59 Å². The third-order valence-electron chi connectivity index (χ3n) is 8.06. The molecule has 5 rings (SSSR count). The van der Waals surface area contributed by atoms with E-state index in [9.17, 15) is 19.9 Å². The van der Waals surface area contributed by atoms with E-state index < -0.39 is 6.29 Å². The summed E-state index contributed by atoms with van der Waals surface area (Å²) in [5, 5.41) is 28.1. The van der Waals surface area contributed by atoms with Crippen molar-refractivity contribution in [3.63, 3.8) is 0 Å². The lowest BCUT2D eigenvalue weighted by Crippen LogP contribution is -2.32. The number of benzene rings is 3. The SMILES string of the molecule is Nc1ccccc1NC(=O)CCCCCCC(=O)Nc1cccc([C@H]2O[C@@H](CSc3cccc[n+]3[O-])C[C@@H](c3ccc(CO)cc3)O2)c1. The summed E-state index contributed by atoms with van der Waals surface area (Å²) >= 11 is 1.44. The Balaban J connectivity index is 1.12. The zero-order valence-electron chi connectivity index (χ0n) is 26.8. The summed E-state index contributed by atoms with van der Waals surface area (Å²) in [6, 6.07) is 27.6. The van der Waals surface area contributed by atoms with Gasteiger partial charge in [0, 0.05) is 48.4 Å². The van der Waals surface area contributed by atoms with Gasteiger partial charge in [-0.25, -0.2) is 0 Å². The molecule has 10 nitrogen and oxygen atoms in total. The first-order chi connectivity index (χ1) is 23.4. The maximum atomic E-state index is 12.8. The molecule has 48 heavy (non-hydrogen) atoms. The van der Waals surface area contributed by atoms with E-state index in [4.69, 9.17) is 15.2 Å². The van der Waals surface area contributed by atoms with Crippen LogP contribution in [0, 0.1) is 5.21 Å². The van der Waals surface area contributed by atoms with E-state index in [1.165, 1.54) is 18.0 Å². The molecule has 1 aromatic heterocycles. The highest BCUT2D eigenvalue weighted by Crippen LogP contribution is 2.39. The lowest BCUT2D eigenvalue weighted by molar-refractivity contribution is -0.645. The second-order valence-corrected chi connectivity index (χ2v) is 12.8. The fraction of sp³-hybridized carbons (Fsp3) is 0.324. The highest BCUT2D eigenvalue weighted by atomic mass is 32.2. The number of hydrogen-bond donors (Lipinski definition) is 4. The summed E-state index contributed by atoms with van der Waals surface area (Å²) in [7, 11) is 0. The van der Waals surface area contributed by atoms with Crippen LogP contribution in [0.1, 0.15) is 74.0 Å². The molecular formula is C37H42N4O6S. The molecule has 0 aliphatic carbocycles. The smallest absolute Gasteiger partial charge is 0.251 e. The molecule has 0 bridgehead atoms. The first kappa shape index (κ1) is 34.9. The quantitative estimate of drug-likeness (QED) is 0.0361. The maximum Gasteiger partial charge on any atom is 0.251 e. The zero-order valence-corrected chi connectivity index (χ0v) is 27.6. The number of nitrogen functional groups attached to an aromatic ring is 1. The first-order valence-corrected chi connectivity index (χ1v) is 17.2. The Morgan fingerprint density at radius 3 is 2.31 bits per heavy atom. The monoisotopic (exact) mass is 670 g/mol. The predicted octanol–water partition coefficient (Wildman–Crippen LogP) is 6.65. The maximum absolute atomic E-state index is 12.8. The summed E-state index contributed by atoms with van der Waals surface area (Å²) in [6.07, 6.45) is 4.82. The van der Waals surface area contributed by atoms with Crippen LogP contribution in [0.3, 0.4) is 0 Å². The number of pyridine rings is 1. The first-order valence-electron chi connectivity index (χ1n) is 16.2. The molecule has 0 spiro atoms. The van der Waals surface area contributed by atoms with Crippen LogP contribution in [-0.2, 0) is 25.7 Å². The number of rotatable bonds is 15. The number of nitrogens with one attached hydrogen (secondary N) is 2. The molecule has 252 valence electrons. The van der Waals surface area contributed by atoms with Gasteiger partial charge in [0.2, 0.25) is 11.8 Å². The van der Waals surface area contributed by atoms with Crippen LogP contribution >= 0.6 is 11.8 Å². The van der Waals surface area contributed by atoms with Gasteiger partial charge in [0.25, 0.3) is 5.03 Å². The van der Waals surface area contributed by atoms with Crippen LogP contribution in [-0.4, -0.2) is 28.8 Å². The molecule has 1 aliphatic heterocycles. The van der Waals surface area contributed by atoms with Crippen molar-refractivity contribution in [1.82, 2.24) is 0 Å². The number of anilines is 3. The zero-order chi connectivity index (χ0) is 33.7. The highest BCUT2D eigenvalue weighted by molar-refractivity contribution is 7.99. The highest BCUT2D eigenvalue weighted by Gasteiger charge is 2.33. The average molecular weight is 671 g/mol. The van der Waals surface area contributed by atoms with E-state index >= 15 is 0 Å². The van der Waals surface area contributed by atoms with E-state index in [1.54, 1.807) is 24.3 Å². The van der Waals surface area contributed by atoms with Crippen LogP contribution < -0.4 is 21.1 Å². The molecule has 0 saturated carbocycles. The third-order valence-corrected chi connectivity index (χ3v) is 9.21. The molecule has 11 heteroatoms. The Morgan fingerprint density at radius 1 is 0.854 bits per heavy atom. The number of aromatic nitrogens is 1. The largest absolute Gasteiger partial charge is 0.618 e. The second kappa shape index (κ2) is 17.7. The van der Waals surface area contributed by atoms with E-state index in [-0.39, 0.29) is 30.6 Å². The summed E-state index contributed by atoms with van der Waals surface area (Å²) in [5.74, 6) is 0.402. The van der Waals surface area contributed by atoms with Crippen LogP contribution in [0.5, 0.6) is 0 Å². The number of hydrogen-bond acceptors (Lipinski definition) is 8. The van der Waals surface area contributed by atoms with Crippen LogP contribution in [0.15, 0.2) is 102 Å². The van der Waals surface area contributed by atoms with Gasteiger partial charge in [-0.2, -0.15) is 4.73 Å². The number of carbonyl (C=O) groups is 2. The van der Waals surface area contributed by atoms with Crippen molar-refractivity contribution in [3.05, 3.63) is 119 Å². The standard InChI is InChI=1S/C37H42N4O6S/c38-31-12-5-6-13-32(31)40-35(44)15-4-2-1-3-14-34(43)39-29-11-9-10-28(22-29)37-46-30(25-48-36-16-7-8-21-41(36)45)23-33(47-37)27-19-17-26(24-42)18-20-27/h5-13,16-22,30,33,37,42H,1-4,14-15,23-25,38H2,(H,39,43)(H,40,44)/t30-,33+,37+/m1/s1. The van der Waals surface area contributed by atoms with Crippen LogP contribution in [0.4, 0.5) is 17.1 Å². The fourth-order valence-electron chi connectivity index (χ4n) is 5.46. The minimum atomic E-state index is -0.686. The molecule has 2 amide bonds. The number of aliphatic hydroxyl groups excluding tert-OH is 1. The molecule has 3 atom stereocenters. The van der Waals surface area contributed by atoms with Gasteiger partial charge < -0.3 is 36.2 Å². The van der Waals surface area contributed by atoms with Crippen LogP contribution in [0.2, 0.25) is 0 Å². The van der Waals surface area contributed by atoms with Crippen molar-refractivity contribution in [1.29, 1.82) is 0 Å². The fourth-order valence-corrected chi connectivity index (χ4v) is 6.39. The summed E-state index contributed by atoms with van der Waals surface area (Å²) < 4.78 is 13.7. The van der Waals surface area contributed by atoms with Gasteiger partial charge >= 0.3 is 0 Å². The Kier molecular flexibility index (Phi) is 12.8. The molecule has 5 N–H and O–H groups in total. The minimum absolute atomic E-state index is 0.0360. The number of para-hydroxylation sites is 2. The van der Waals surface area contributed by atoms with Crippen molar-refractivity contribution in [2.24, 2.45) is 0 Å². The van der Waals surface area contributed by atoms with E-state index in [1.807, 2.05) is 66.7 Å². The topological polar surface area (TPSA) is 150 Å². The molecular weight excluding hydrogens is 628 g/mol. The Hall–Kier alpha value is -4.42. The average Bonchev–Trinajstić information content (AvgIpc) is 3.10. The van der Waals surface area contributed by atoms with E-state index in [0.29, 0.717) is 53.5 Å². The number of amides is 2. The molecule has 1 fully saturated rings. The van der Waals surface area contributed by atoms with Crippen LogP contribution in [0.25, 0.3) is 0 Å². The molecule has 2 heterocycles. The van der Waals surface area contributed by atoms with Crippen molar-refractivity contribution in [2.45, 2.75) is 75.1 Å². The third kappa shape index (κ3) is 10.3. The summed E-state index contributed by atoms with van der Waals surface area (Å²) in [6.45, 7) is -0.0360. The number of thioether (sulfide) groups is 1. The molecule has 0 radical (unpaired) electrons. The molecule has 1 saturated heterocycles. The van der Waals surface area contributed by atoms with Crippen molar-refractivity contribution < 1.29 is 28.9 Å². The summed E-state index contributed by atoms with van der Waals surface area (Å²) in [4.78, 5) is 25.0. The molecule has 0 unspecified atom stereocenters. The van der Waals surface area contributed by atoms with Crippen molar-refractivity contribution in [2.75, 3.05) is 22.1 Å².